The molecule has 0 aromatic heterocycles. The number of benzene rings is 7. The van der Waals surface area contributed by atoms with E-state index in [1.165, 1.54) is 65.5 Å². The SMILES string of the molecule is N#CC1=CC=C2c3ccc(-c4cccc(-c5cc6c7ccccc7ccc6c6ccccc56)c4)c4cccc(c34)OC2C1. The van der Waals surface area contributed by atoms with Crippen molar-refractivity contribution in [3.8, 4) is 34.1 Å². The lowest BCUT2D eigenvalue weighted by molar-refractivity contribution is 0.258. The molecule has 0 radical (unpaired) electrons. The second-order valence-electron chi connectivity index (χ2n) is 11.5. The summed E-state index contributed by atoms with van der Waals surface area (Å²) in [7, 11) is 0. The average Bonchev–Trinajstić information content (AvgIpc) is 3.07. The van der Waals surface area contributed by atoms with E-state index in [-0.39, 0.29) is 6.10 Å². The normalized spacial score (nSPS) is 15.6. The lowest BCUT2D eigenvalue weighted by atomic mass is 9.84. The van der Waals surface area contributed by atoms with Crippen LogP contribution in [0.3, 0.4) is 0 Å². The van der Waals surface area contributed by atoms with Gasteiger partial charge < -0.3 is 4.74 Å². The summed E-state index contributed by atoms with van der Waals surface area (Å²) in [6.45, 7) is 0. The number of nitriles is 1. The van der Waals surface area contributed by atoms with Crippen LogP contribution >= 0.6 is 0 Å². The zero-order valence-electron chi connectivity index (χ0n) is 23.3. The predicted octanol–water partition coefficient (Wildman–Crippen LogP) is 10.6. The van der Waals surface area contributed by atoms with Gasteiger partial charge in [-0.05, 0) is 89.8 Å². The highest BCUT2D eigenvalue weighted by Gasteiger charge is 2.30. The van der Waals surface area contributed by atoms with Gasteiger partial charge in [0, 0.05) is 23.0 Å². The van der Waals surface area contributed by atoms with Crippen molar-refractivity contribution in [1.29, 1.82) is 5.26 Å². The molecule has 0 N–H and O–H groups in total. The maximum atomic E-state index is 9.45. The van der Waals surface area contributed by atoms with Gasteiger partial charge in [0.2, 0.25) is 0 Å². The molecule has 200 valence electrons. The number of nitrogens with zero attached hydrogens (tertiary/aromatic N) is 1. The van der Waals surface area contributed by atoms with Crippen LogP contribution < -0.4 is 4.74 Å². The first-order chi connectivity index (χ1) is 21.3. The number of rotatable bonds is 2. The molecule has 1 atom stereocenters. The van der Waals surface area contributed by atoms with Gasteiger partial charge in [-0.1, -0.05) is 109 Å². The van der Waals surface area contributed by atoms with E-state index in [1.54, 1.807) is 0 Å². The van der Waals surface area contributed by atoms with Crippen LogP contribution in [0.4, 0.5) is 0 Å². The maximum Gasteiger partial charge on any atom is 0.129 e. The second-order valence-corrected chi connectivity index (χ2v) is 11.5. The Hall–Kier alpha value is -5.65. The van der Waals surface area contributed by atoms with Crippen LogP contribution in [0.15, 0.2) is 139 Å². The van der Waals surface area contributed by atoms with Gasteiger partial charge in [-0.15, -0.1) is 0 Å². The molecule has 0 saturated carbocycles. The van der Waals surface area contributed by atoms with E-state index >= 15 is 0 Å². The topological polar surface area (TPSA) is 33.0 Å². The highest BCUT2D eigenvalue weighted by molar-refractivity contribution is 6.21. The molecular weight excluding hydrogens is 522 g/mol. The van der Waals surface area contributed by atoms with Crippen molar-refractivity contribution in [2.24, 2.45) is 0 Å². The fraction of sp³-hybridized carbons (Fsp3) is 0.0488. The Morgan fingerprint density at radius 1 is 0.558 bits per heavy atom. The minimum atomic E-state index is -0.121. The van der Waals surface area contributed by atoms with E-state index in [1.807, 2.05) is 6.08 Å². The highest BCUT2D eigenvalue weighted by atomic mass is 16.5. The predicted molar refractivity (Wildman–Crippen MR) is 178 cm³/mol. The Morgan fingerprint density at radius 3 is 2.16 bits per heavy atom. The molecule has 1 aliphatic heterocycles. The second kappa shape index (κ2) is 9.18. The molecule has 2 heteroatoms. The first-order valence-corrected chi connectivity index (χ1v) is 14.7. The molecule has 7 aromatic rings. The highest BCUT2D eigenvalue weighted by Crippen LogP contribution is 2.46. The monoisotopic (exact) mass is 547 g/mol. The first kappa shape index (κ1) is 24.0. The van der Waals surface area contributed by atoms with Crippen molar-refractivity contribution in [3.63, 3.8) is 0 Å². The van der Waals surface area contributed by atoms with Crippen LogP contribution in [0.5, 0.6) is 5.75 Å². The summed E-state index contributed by atoms with van der Waals surface area (Å²) in [6, 6.07) is 46.3. The Kier molecular flexibility index (Phi) is 5.12. The first-order valence-electron chi connectivity index (χ1n) is 14.7. The third kappa shape index (κ3) is 3.59. The van der Waals surface area contributed by atoms with Gasteiger partial charge in [-0.2, -0.15) is 5.26 Å². The van der Waals surface area contributed by atoms with Crippen molar-refractivity contribution in [2.45, 2.75) is 12.5 Å². The Balaban J connectivity index is 1.25. The van der Waals surface area contributed by atoms with Crippen molar-refractivity contribution in [3.05, 3.63) is 145 Å². The third-order valence-corrected chi connectivity index (χ3v) is 9.19. The fourth-order valence-corrected chi connectivity index (χ4v) is 7.20. The number of ether oxygens (including phenoxy) is 1. The molecule has 0 spiro atoms. The van der Waals surface area contributed by atoms with Crippen molar-refractivity contribution < 1.29 is 4.74 Å². The van der Waals surface area contributed by atoms with Crippen molar-refractivity contribution in [2.75, 3.05) is 0 Å². The minimum absolute atomic E-state index is 0.121. The molecule has 0 bridgehead atoms. The largest absolute Gasteiger partial charge is 0.485 e. The van der Waals surface area contributed by atoms with Gasteiger partial charge in [0.1, 0.15) is 11.9 Å². The molecule has 1 aliphatic carbocycles. The molecule has 0 amide bonds. The van der Waals surface area contributed by atoms with E-state index in [0.717, 1.165) is 22.3 Å². The van der Waals surface area contributed by atoms with Gasteiger partial charge >= 0.3 is 0 Å². The Bertz CT molecular complexity index is 2420. The lowest BCUT2D eigenvalue weighted by Gasteiger charge is -2.31. The quantitative estimate of drug-likeness (QED) is 0.202. The van der Waals surface area contributed by atoms with E-state index in [4.69, 9.17) is 4.74 Å². The minimum Gasteiger partial charge on any atom is -0.485 e. The van der Waals surface area contributed by atoms with E-state index in [0.29, 0.717) is 6.42 Å². The smallest absolute Gasteiger partial charge is 0.129 e. The van der Waals surface area contributed by atoms with Crippen LogP contribution in [-0.2, 0) is 0 Å². The zero-order chi connectivity index (χ0) is 28.5. The van der Waals surface area contributed by atoms with Crippen molar-refractivity contribution in [1.82, 2.24) is 0 Å². The fourth-order valence-electron chi connectivity index (χ4n) is 7.20. The number of allylic oxidation sites excluding steroid dienone is 2. The van der Waals surface area contributed by atoms with Crippen LogP contribution in [0.25, 0.3) is 70.9 Å². The summed E-state index contributed by atoms with van der Waals surface area (Å²) < 4.78 is 6.49. The van der Waals surface area contributed by atoms with E-state index in [9.17, 15) is 5.26 Å². The Morgan fingerprint density at radius 2 is 1.28 bits per heavy atom. The van der Waals surface area contributed by atoms with Crippen LogP contribution in [0.1, 0.15) is 12.0 Å². The number of fused-ring (bicyclic) bond motifs is 7. The molecule has 9 rings (SSSR count). The maximum absolute atomic E-state index is 9.45. The standard InChI is InChI=1S/C41H25NO/c42-24-25-15-17-34-36-20-19-30(35-13-6-14-39(41(35)36)43-40(34)21-25)27-8-5-9-28(22-27)37-23-38-29-10-2-1-7-26(29)16-18-33(38)31-11-3-4-12-32(31)37/h1-20,22-23,40H,21H2. The van der Waals surface area contributed by atoms with Gasteiger partial charge in [-0.25, -0.2) is 0 Å². The summed E-state index contributed by atoms with van der Waals surface area (Å²) in [5.74, 6) is 0.888. The van der Waals surface area contributed by atoms with Gasteiger partial charge in [0.15, 0.2) is 0 Å². The Labute approximate surface area is 249 Å². The average molecular weight is 548 g/mol. The molecule has 2 nitrogen and oxygen atoms in total. The molecule has 0 fully saturated rings. The van der Waals surface area contributed by atoms with Gasteiger partial charge in [-0.3, -0.25) is 0 Å². The zero-order valence-corrected chi connectivity index (χ0v) is 23.3. The van der Waals surface area contributed by atoms with Gasteiger partial charge in [0.05, 0.1) is 6.07 Å². The molecule has 1 unspecified atom stereocenters. The van der Waals surface area contributed by atoms with Crippen LogP contribution in [-0.4, -0.2) is 6.10 Å². The van der Waals surface area contributed by atoms with E-state index < -0.39 is 0 Å². The van der Waals surface area contributed by atoms with Crippen LogP contribution in [0, 0.1) is 11.3 Å². The third-order valence-electron chi connectivity index (χ3n) is 9.19. The number of hydrogen-bond donors (Lipinski definition) is 0. The summed E-state index contributed by atoms with van der Waals surface area (Å²) in [5.41, 5.74) is 7.90. The lowest BCUT2D eigenvalue weighted by Crippen LogP contribution is -2.24. The molecule has 7 aromatic carbocycles. The summed E-state index contributed by atoms with van der Waals surface area (Å²) in [6.07, 6.45) is 4.48. The summed E-state index contributed by atoms with van der Waals surface area (Å²) in [4.78, 5) is 0. The van der Waals surface area contributed by atoms with Crippen LogP contribution in [0.2, 0.25) is 0 Å². The summed E-state index contributed by atoms with van der Waals surface area (Å²) in [5, 5.41) is 19.4. The number of hydrogen-bond acceptors (Lipinski definition) is 2. The molecule has 1 heterocycles. The van der Waals surface area contributed by atoms with Gasteiger partial charge in [0.25, 0.3) is 0 Å². The van der Waals surface area contributed by atoms with Crippen molar-refractivity contribution >= 4 is 48.7 Å². The summed E-state index contributed by atoms with van der Waals surface area (Å²) >= 11 is 0. The molecular formula is C41H25NO. The molecule has 43 heavy (non-hydrogen) atoms. The molecule has 2 aliphatic rings. The molecule has 0 saturated heterocycles. The van der Waals surface area contributed by atoms with E-state index in [2.05, 4.69) is 133 Å².